The van der Waals surface area contributed by atoms with Gasteiger partial charge in [-0.2, -0.15) is 0 Å². The molecule has 2 fully saturated rings. The highest BCUT2D eigenvalue weighted by Crippen LogP contribution is 2.65. The molecule has 2 heteroatoms. The van der Waals surface area contributed by atoms with E-state index in [9.17, 15) is 9.59 Å². The van der Waals surface area contributed by atoms with Crippen LogP contribution in [0.2, 0.25) is 0 Å². The standard InChI is InChI=1S/C21H28O2/c1-13(22)17-6-7-18-16-5-4-14-12-15(23)8-10-20(14,2)19(16)9-11-21(17,18)3/h4-5,12,16-19H,6-11H2,1-3H3/t16-,17-,18+,19+,20-,21+/m0/s1. The van der Waals surface area contributed by atoms with E-state index in [0.29, 0.717) is 35.7 Å². The SMILES string of the molecule is CC(=O)[C@@H]1CC[C@@H]2[C@@H]3C=CC4=CC(=O)CC[C@]4(C)[C@@H]3CC[C@@]21C. The Morgan fingerprint density at radius 2 is 1.91 bits per heavy atom. The van der Waals surface area contributed by atoms with E-state index in [0.717, 1.165) is 12.8 Å². The number of carbonyl (C=O) groups excluding carboxylic acids is 2. The van der Waals surface area contributed by atoms with E-state index in [1.165, 1.54) is 24.8 Å². The van der Waals surface area contributed by atoms with Gasteiger partial charge in [0.15, 0.2) is 5.78 Å². The van der Waals surface area contributed by atoms with Crippen LogP contribution < -0.4 is 0 Å². The summed E-state index contributed by atoms with van der Waals surface area (Å²) >= 11 is 0. The molecule has 4 rings (SSSR count). The van der Waals surface area contributed by atoms with Gasteiger partial charge in [-0.1, -0.05) is 26.0 Å². The fourth-order valence-corrected chi connectivity index (χ4v) is 6.66. The third kappa shape index (κ3) is 1.99. The number of rotatable bonds is 1. The number of ketones is 2. The molecule has 0 bridgehead atoms. The lowest BCUT2D eigenvalue weighted by atomic mass is 9.48. The Morgan fingerprint density at radius 3 is 2.65 bits per heavy atom. The molecule has 0 aromatic rings. The van der Waals surface area contributed by atoms with Gasteiger partial charge in [-0.25, -0.2) is 0 Å². The first-order valence-electron chi connectivity index (χ1n) is 9.30. The van der Waals surface area contributed by atoms with E-state index >= 15 is 0 Å². The molecule has 6 atom stereocenters. The zero-order valence-electron chi connectivity index (χ0n) is 14.6. The van der Waals surface area contributed by atoms with Gasteiger partial charge in [-0.05, 0) is 79.3 Å². The summed E-state index contributed by atoms with van der Waals surface area (Å²) in [5, 5.41) is 0. The summed E-state index contributed by atoms with van der Waals surface area (Å²) in [4.78, 5) is 24.0. The predicted octanol–water partition coefficient (Wildman–Crippen LogP) is 4.50. The molecule has 23 heavy (non-hydrogen) atoms. The minimum Gasteiger partial charge on any atom is -0.300 e. The first-order chi connectivity index (χ1) is 10.9. The van der Waals surface area contributed by atoms with E-state index in [-0.39, 0.29) is 16.7 Å². The smallest absolute Gasteiger partial charge is 0.156 e. The summed E-state index contributed by atoms with van der Waals surface area (Å²) < 4.78 is 0. The zero-order chi connectivity index (χ0) is 16.4. The lowest BCUT2D eigenvalue weighted by molar-refractivity contribution is -0.127. The molecule has 0 aromatic carbocycles. The summed E-state index contributed by atoms with van der Waals surface area (Å²) in [5.74, 6) is 2.83. The van der Waals surface area contributed by atoms with Crippen molar-refractivity contribution in [3.8, 4) is 0 Å². The van der Waals surface area contributed by atoms with Crippen molar-refractivity contribution < 1.29 is 9.59 Å². The maximum absolute atomic E-state index is 12.1. The van der Waals surface area contributed by atoms with Gasteiger partial charge in [0.05, 0.1) is 0 Å². The van der Waals surface area contributed by atoms with E-state index < -0.39 is 0 Å². The summed E-state index contributed by atoms with van der Waals surface area (Å²) in [6.07, 6.45) is 12.9. The van der Waals surface area contributed by atoms with Crippen molar-refractivity contribution in [3.63, 3.8) is 0 Å². The summed E-state index contributed by atoms with van der Waals surface area (Å²) in [6, 6.07) is 0. The average Bonchev–Trinajstić information content (AvgIpc) is 2.85. The third-order valence-corrected chi connectivity index (χ3v) is 8.01. The van der Waals surface area contributed by atoms with Crippen LogP contribution in [0.3, 0.4) is 0 Å². The lowest BCUT2D eigenvalue weighted by Gasteiger charge is -2.55. The highest BCUT2D eigenvalue weighted by molar-refractivity contribution is 5.92. The maximum atomic E-state index is 12.1. The van der Waals surface area contributed by atoms with E-state index in [1.54, 1.807) is 6.92 Å². The molecule has 0 amide bonds. The molecule has 0 radical (unpaired) electrons. The Morgan fingerprint density at radius 1 is 1.13 bits per heavy atom. The number of Topliss-reactive ketones (excluding diaryl/α,β-unsaturated/α-hetero) is 1. The third-order valence-electron chi connectivity index (χ3n) is 8.01. The van der Waals surface area contributed by atoms with Gasteiger partial charge in [0.1, 0.15) is 5.78 Å². The molecular weight excluding hydrogens is 284 g/mol. The summed E-state index contributed by atoms with van der Waals surface area (Å²) in [5.41, 5.74) is 1.63. The van der Waals surface area contributed by atoms with Gasteiger partial charge in [-0.15, -0.1) is 0 Å². The second-order valence-corrected chi connectivity index (χ2v) is 8.92. The van der Waals surface area contributed by atoms with E-state index in [2.05, 4.69) is 26.0 Å². The Kier molecular flexibility index (Phi) is 3.28. The lowest BCUT2D eigenvalue weighted by Crippen LogP contribution is -2.49. The first-order valence-corrected chi connectivity index (χ1v) is 9.30. The minimum absolute atomic E-state index is 0.170. The van der Waals surface area contributed by atoms with Gasteiger partial charge in [-0.3, -0.25) is 9.59 Å². The second kappa shape index (κ2) is 4.91. The summed E-state index contributed by atoms with van der Waals surface area (Å²) in [7, 11) is 0. The molecule has 0 aromatic heterocycles. The number of carbonyl (C=O) groups is 2. The van der Waals surface area contributed by atoms with Crippen LogP contribution in [0, 0.1) is 34.5 Å². The Balaban J connectivity index is 1.72. The molecule has 4 aliphatic carbocycles. The Bertz CT molecular complexity index is 628. The molecule has 0 saturated heterocycles. The number of hydrogen-bond acceptors (Lipinski definition) is 2. The van der Waals surface area contributed by atoms with Crippen LogP contribution in [0.25, 0.3) is 0 Å². The molecule has 0 unspecified atom stereocenters. The highest BCUT2D eigenvalue weighted by atomic mass is 16.1. The molecule has 0 aliphatic heterocycles. The van der Waals surface area contributed by atoms with E-state index in [4.69, 9.17) is 0 Å². The zero-order valence-corrected chi connectivity index (χ0v) is 14.6. The maximum Gasteiger partial charge on any atom is 0.156 e. The van der Waals surface area contributed by atoms with Gasteiger partial charge >= 0.3 is 0 Å². The van der Waals surface area contributed by atoms with Crippen molar-refractivity contribution in [3.05, 3.63) is 23.8 Å². The quantitative estimate of drug-likeness (QED) is 0.714. The van der Waals surface area contributed by atoms with Crippen molar-refractivity contribution in [2.45, 2.75) is 59.3 Å². The molecule has 124 valence electrons. The van der Waals surface area contributed by atoms with Crippen molar-refractivity contribution in [2.24, 2.45) is 34.5 Å². The Labute approximate surface area is 139 Å². The van der Waals surface area contributed by atoms with Crippen LogP contribution in [0.1, 0.15) is 59.3 Å². The van der Waals surface area contributed by atoms with Crippen molar-refractivity contribution >= 4 is 11.6 Å². The highest BCUT2D eigenvalue weighted by Gasteiger charge is 2.58. The monoisotopic (exact) mass is 312 g/mol. The Hall–Kier alpha value is -1.18. The van der Waals surface area contributed by atoms with Gasteiger partial charge in [0, 0.05) is 12.3 Å². The minimum atomic E-state index is 0.170. The van der Waals surface area contributed by atoms with E-state index in [1.807, 2.05) is 6.08 Å². The van der Waals surface area contributed by atoms with Gasteiger partial charge in [0.25, 0.3) is 0 Å². The number of fused-ring (bicyclic) bond motifs is 5. The van der Waals surface area contributed by atoms with Crippen LogP contribution in [-0.2, 0) is 9.59 Å². The van der Waals surface area contributed by atoms with Crippen LogP contribution in [0.4, 0.5) is 0 Å². The second-order valence-electron chi connectivity index (χ2n) is 8.92. The molecule has 2 nitrogen and oxygen atoms in total. The normalized spacial score (nSPS) is 48.3. The molecular formula is C21H28O2. The van der Waals surface area contributed by atoms with Crippen molar-refractivity contribution in [1.82, 2.24) is 0 Å². The van der Waals surface area contributed by atoms with Crippen LogP contribution >= 0.6 is 0 Å². The molecule has 4 aliphatic rings. The molecule has 0 spiro atoms. The van der Waals surface area contributed by atoms with Crippen LogP contribution in [0.5, 0.6) is 0 Å². The number of hydrogen-bond donors (Lipinski definition) is 0. The fraction of sp³-hybridized carbons (Fsp3) is 0.714. The molecule has 0 N–H and O–H groups in total. The van der Waals surface area contributed by atoms with Crippen molar-refractivity contribution in [2.75, 3.05) is 0 Å². The molecule has 0 heterocycles. The van der Waals surface area contributed by atoms with Crippen LogP contribution in [0.15, 0.2) is 23.8 Å². The fourth-order valence-electron chi connectivity index (χ4n) is 6.66. The summed E-state index contributed by atoms with van der Waals surface area (Å²) in [6.45, 7) is 6.54. The predicted molar refractivity (Wildman–Crippen MR) is 90.8 cm³/mol. The topological polar surface area (TPSA) is 34.1 Å². The first kappa shape index (κ1) is 15.4. The largest absolute Gasteiger partial charge is 0.300 e. The van der Waals surface area contributed by atoms with Crippen LogP contribution in [-0.4, -0.2) is 11.6 Å². The number of allylic oxidation sites excluding steroid dienone is 4. The molecule has 2 saturated carbocycles. The average molecular weight is 312 g/mol. The van der Waals surface area contributed by atoms with Gasteiger partial charge in [0.2, 0.25) is 0 Å². The van der Waals surface area contributed by atoms with Crippen molar-refractivity contribution in [1.29, 1.82) is 0 Å². The van der Waals surface area contributed by atoms with Gasteiger partial charge < -0.3 is 0 Å².